The summed E-state index contributed by atoms with van der Waals surface area (Å²) in [5, 5.41) is 12.3. The maximum atomic E-state index is 4.22. The van der Waals surface area contributed by atoms with Crippen LogP contribution in [0, 0.1) is 0 Å². The number of hydrogen-bond acceptors (Lipinski definition) is 3. The van der Waals surface area contributed by atoms with E-state index in [-0.39, 0.29) is 0 Å². The second-order valence-corrected chi connectivity index (χ2v) is 5.72. The van der Waals surface area contributed by atoms with Crippen LogP contribution in [-0.4, -0.2) is 20.2 Å². The van der Waals surface area contributed by atoms with Gasteiger partial charge in [0.15, 0.2) is 5.82 Å². The van der Waals surface area contributed by atoms with Crippen LogP contribution in [0.2, 0.25) is 0 Å². The predicted octanol–water partition coefficient (Wildman–Crippen LogP) is 4.45. The highest BCUT2D eigenvalue weighted by Crippen LogP contribution is 2.22. The van der Waals surface area contributed by atoms with Gasteiger partial charge in [-0.05, 0) is 34.9 Å². The van der Waals surface area contributed by atoms with Crippen LogP contribution >= 0.6 is 0 Å². The lowest BCUT2D eigenvalue weighted by molar-refractivity contribution is 0.663. The SMILES string of the molecule is CCCCCCc1ccccc1-n1nnnc1-c1ccccc1. The maximum absolute atomic E-state index is 4.22. The lowest BCUT2D eigenvalue weighted by Gasteiger charge is -2.10. The topological polar surface area (TPSA) is 43.6 Å². The van der Waals surface area contributed by atoms with Crippen LogP contribution < -0.4 is 0 Å². The van der Waals surface area contributed by atoms with Crippen molar-refractivity contribution in [3.8, 4) is 17.1 Å². The maximum Gasteiger partial charge on any atom is 0.187 e. The summed E-state index contributed by atoms with van der Waals surface area (Å²) in [5.41, 5.74) is 3.40. The first-order valence-electron chi connectivity index (χ1n) is 8.32. The normalized spacial score (nSPS) is 10.8. The van der Waals surface area contributed by atoms with Gasteiger partial charge in [0, 0.05) is 5.56 Å². The molecule has 3 aromatic rings. The molecule has 4 nitrogen and oxygen atoms in total. The van der Waals surface area contributed by atoms with Gasteiger partial charge in [-0.1, -0.05) is 74.7 Å². The molecule has 0 aliphatic carbocycles. The van der Waals surface area contributed by atoms with Gasteiger partial charge in [0.2, 0.25) is 0 Å². The average molecular weight is 306 g/mol. The summed E-state index contributed by atoms with van der Waals surface area (Å²) in [6, 6.07) is 18.5. The van der Waals surface area contributed by atoms with E-state index in [1.807, 2.05) is 41.1 Å². The molecule has 0 fully saturated rings. The Morgan fingerprint density at radius 1 is 0.870 bits per heavy atom. The Bertz CT molecular complexity index is 734. The van der Waals surface area contributed by atoms with E-state index in [0.29, 0.717) is 0 Å². The fraction of sp³-hybridized carbons (Fsp3) is 0.316. The number of rotatable bonds is 7. The van der Waals surface area contributed by atoms with E-state index in [0.717, 1.165) is 23.5 Å². The molecule has 0 atom stereocenters. The molecule has 0 aliphatic rings. The number of tetrazole rings is 1. The first-order valence-corrected chi connectivity index (χ1v) is 8.32. The minimum atomic E-state index is 0.784. The lowest BCUT2D eigenvalue weighted by atomic mass is 10.0. The third kappa shape index (κ3) is 3.65. The van der Waals surface area contributed by atoms with E-state index in [9.17, 15) is 0 Å². The molecule has 0 N–H and O–H groups in total. The Morgan fingerprint density at radius 3 is 2.48 bits per heavy atom. The largest absolute Gasteiger partial charge is 0.193 e. The lowest BCUT2D eigenvalue weighted by Crippen LogP contribution is -2.04. The molecule has 118 valence electrons. The Hall–Kier alpha value is -2.49. The fourth-order valence-corrected chi connectivity index (χ4v) is 2.79. The van der Waals surface area contributed by atoms with Gasteiger partial charge in [-0.2, -0.15) is 4.68 Å². The van der Waals surface area contributed by atoms with Crippen molar-refractivity contribution in [2.75, 3.05) is 0 Å². The highest BCUT2D eigenvalue weighted by Gasteiger charge is 2.13. The number of aromatic nitrogens is 4. The summed E-state index contributed by atoms with van der Waals surface area (Å²) in [6.45, 7) is 2.24. The molecule has 4 heteroatoms. The molecule has 23 heavy (non-hydrogen) atoms. The van der Waals surface area contributed by atoms with Crippen molar-refractivity contribution in [2.24, 2.45) is 0 Å². The third-order valence-corrected chi connectivity index (χ3v) is 4.02. The summed E-state index contributed by atoms with van der Waals surface area (Å²) in [5.74, 6) is 0.784. The van der Waals surface area contributed by atoms with Crippen LogP contribution in [0.5, 0.6) is 0 Å². The third-order valence-electron chi connectivity index (χ3n) is 4.02. The van der Waals surface area contributed by atoms with E-state index >= 15 is 0 Å². The van der Waals surface area contributed by atoms with Crippen molar-refractivity contribution < 1.29 is 0 Å². The van der Waals surface area contributed by atoms with Gasteiger partial charge in [-0.15, -0.1) is 5.10 Å². The quantitative estimate of drug-likeness (QED) is 0.606. The zero-order valence-electron chi connectivity index (χ0n) is 13.5. The summed E-state index contributed by atoms with van der Waals surface area (Å²) in [6.07, 6.45) is 6.08. The molecule has 0 aliphatic heterocycles. The monoisotopic (exact) mass is 306 g/mol. The number of unbranched alkanes of at least 4 members (excludes halogenated alkanes) is 3. The molecule has 0 amide bonds. The molecule has 0 spiro atoms. The summed E-state index contributed by atoms with van der Waals surface area (Å²) in [7, 11) is 0. The minimum absolute atomic E-state index is 0.784. The molecule has 3 rings (SSSR count). The number of nitrogens with zero attached hydrogens (tertiary/aromatic N) is 4. The van der Waals surface area contributed by atoms with Gasteiger partial charge in [0.25, 0.3) is 0 Å². The zero-order chi connectivity index (χ0) is 15.9. The molecular weight excluding hydrogens is 284 g/mol. The summed E-state index contributed by atoms with van der Waals surface area (Å²) >= 11 is 0. The van der Waals surface area contributed by atoms with Crippen LogP contribution in [0.3, 0.4) is 0 Å². The van der Waals surface area contributed by atoms with E-state index in [4.69, 9.17) is 0 Å². The standard InChI is InChI=1S/C19H22N4/c1-2-3-4-6-11-16-12-9-10-15-18(16)23-19(20-21-22-23)17-13-7-5-8-14-17/h5,7-10,12-15H,2-4,6,11H2,1H3. The number of aryl methyl sites for hydroxylation is 1. The first-order chi connectivity index (χ1) is 11.4. The molecule has 1 heterocycles. The molecule has 2 aromatic carbocycles. The summed E-state index contributed by atoms with van der Waals surface area (Å²) in [4.78, 5) is 0. The highest BCUT2D eigenvalue weighted by molar-refractivity contribution is 5.58. The van der Waals surface area contributed by atoms with E-state index in [1.165, 1.54) is 31.2 Å². The van der Waals surface area contributed by atoms with E-state index in [1.54, 1.807) is 0 Å². The van der Waals surface area contributed by atoms with Crippen molar-refractivity contribution in [2.45, 2.75) is 39.0 Å². The van der Waals surface area contributed by atoms with E-state index in [2.05, 4.69) is 40.6 Å². The molecule has 1 aromatic heterocycles. The van der Waals surface area contributed by atoms with Crippen molar-refractivity contribution in [3.05, 3.63) is 60.2 Å². The number of hydrogen-bond donors (Lipinski definition) is 0. The predicted molar refractivity (Wildman–Crippen MR) is 92.4 cm³/mol. The van der Waals surface area contributed by atoms with Crippen LogP contribution in [-0.2, 0) is 6.42 Å². The van der Waals surface area contributed by atoms with Gasteiger partial charge >= 0.3 is 0 Å². The van der Waals surface area contributed by atoms with Crippen molar-refractivity contribution in [1.29, 1.82) is 0 Å². The number of benzene rings is 2. The fourth-order valence-electron chi connectivity index (χ4n) is 2.79. The molecule has 0 unspecified atom stereocenters. The van der Waals surface area contributed by atoms with Crippen molar-refractivity contribution in [3.63, 3.8) is 0 Å². The second-order valence-electron chi connectivity index (χ2n) is 5.72. The van der Waals surface area contributed by atoms with Crippen LogP contribution in [0.1, 0.15) is 38.2 Å². The summed E-state index contributed by atoms with van der Waals surface area (Å²) < 4.78 is 1.85. The Morgan fingerprint density at radius 2 is 1.65 bits per heavy atom. The molecule has 0 radical (unpaired) electrons. The molecular formula is C19H22N4. The van der Waals surface area contributed by atoms with Crippen molar-refractivity contribution in [1.82, 2.24) is 20.2 Å². The highest BCUT2D eigenvalue weighted by atomic mass is 15.5. The molecule has 0 saturated carbocycles. The van der Waals surface area contributed by atoms with Gasteiger partial charge in [0.05, 0.1) is 5.69 Å². The zero-order valence-corrected chi connectivity index (χ0v) is 13.5. The molecule has 0 bridgehead atoms. The van der Waals surface area contributed by atoms with Gasteiger partial charge in [-0.25, -0.2) is 0 Å². The Balaban J connectivity index is 1.90. The Kier molecular flexibility index (Phi) is 5.14. The second kappa shape index (κ2) is 7.68. The van der Waals surface area contributed by atoms with Crippen LogP contribution in [0.4, 0.5) is 0 Å². The van der Waals surface area contributed by atoms with Crippen LogP contribution in [0.25, 0.3) is 17.1 Å². The molecule has 0 saturated heterocycles. The van der Waals surface area contributed by atoms with E-state index < -0.39 is 0 Å². The van der Waals surface area contributed by atoms with Crippen LogP contribution in [0.15, 0.2) is 54.6 Å². The average Bonchev–Trinajstić information content (AvgIpc) is 3.09. The van der Waals surface area contributed by atoms with Gasteiger partial charge in [0.1, 0.15) is 0 Å². The minimum Gasteiger partial charge on any atom is -0.193 e. The van der Waals surface area contributed by atoms with Gasteiger partial charge < -0.3 is 0 Å². The first kappa shape index (κ1) is 15.4. The smallest absolute Gasteiger partial charge is 0.187 e. The van der Waals surface area contributed by atoms with Gasteiger partial charge in [-0.3, -0.25) is 0 Å². The number of para-hydroxylation sites is 1. The van der Waals surface area contributed by atoms with Crippen molar-refractivity contribution >= 4 is 0 Å². The Labute approximate surface area is 137 Å².